The third-order valence-corrected chi connectivity index (χ3v) is 3.75. The SMILES string of the molecule is CC(C)C.CC(C)C[C@H](NC(=O)CNC(=O)OCc1ccccc1)C(=O)Cn1cnnn1. The number of tetrazole rings is 1. The van der Waals surface area contributed by atoms with Crippen LogP contribution in [0, 0.1) is 11.8 Å². The summed E-state index contributed by atoms with van der Waals surface area (Å²) in [4.78, 5) is 36.3. The third kappa shape index (κ3) is 12.4. The molecule has 0 aliphatic carbocycles. The zero-order valence-electron chi connectivity index (χ0n) is 19.4. The summed E-state index contributed by atoms with van der Waals surface area (Å²) in [5, 5.41) is 15.6. The quantitative estimate of drug-likeness (QED) is 0.573. The maximum atomic E-state index is 12.4. The fourth-order valence-electron chi connectivity index (χ4n) is 2.44. The molecule has 0 saturated heterocycles. The molecular weight excluding hydrogens is 412 g/mol. The average molecular weight is 447 g/mol. The molecule has 1 heterocycles. The number of benzene rings is 1. The van der Waals surface area contributed by atoms with Gasteiger partial charge in [0.15, 0.2) is 5.78 Å². The van der Waals surface area contributed by atoms with Crippen molar-refractivity contribution in [2.75, 3.05) is 6.54 Å². The van der Waals surface area contributed by atoms with Crippen LogP contribution in [0.1, 0.15) is 46.6 Å². The van der Waals surface area contributed by atoms with Crippen LogP contribution in [0.4, 0.5) is 4.79 Å². The maximum absolute atomic E-state index is 12.4. The number of Topliss-reactive ketones (excluding diaryl/α,β-unsaturated/α-hetero) is 1. The minimum absolute atomic E-state index is 0.0444. The van der Waals surface area contributed by atoms with Crippen molar-refractivity contribution in [1.29, 1.82) is 0 Å². The fourth-order valence-corrected chi connectivity index (χ4v) is 2.44. The number of ether oxygens (including phenoxy) is 1. The highest BCUT2D eigenvalue weighted by molar-refractivity contribution is 5.90. The van der Waals surface area contributed by atoms with E-state index in [9.17, 15) is 14.4 Å². The van der Waals surface area contributed by atoms with Crippen molar-refractivity contribution in [2.24, 2.45) is 11.8 Å². The predicted molar refractivity (Wildman–Crippen MR) is 119 cm³/mol. The largest absolute Gasteiger partial charge is 0.445 e. The van der Waals surface area contributed by atoms with Gasteiger partial charge in [-0.2, -0.15) is 0 Å². The lowest BCUT2D eigenvalue weighted by Gasteiger charge is -2.19. The first-order chi connectivity index (χ1) is 15.2. The predicted octanol–water partition coefficient (Wildman–Crippen LogP) is 2.36. The van der Waals surface area contributed by atoms with Gasteiger partial charge in [-0.1, -0.05) is 65.0 Å². The zero-order chi connectivity index (χ0) is 23.9. The van der Waals surface area contributed by atoms with Crippen LogP contribution in [0.5, 0.6) is 0 Å². The lowest BCUT2D eigenvalue weighted by molar-refractivity contribution is -0.128. The van der Waals surface area contributed by atoms with Crippen molar-refractivity contribution in [3.63, 3.8) is 0 Å². The number of alkyl carbamates (subject to hydrolysis) is 1. The Morgan fingerprint density at radius 1 is 1.06 bits per heavy atom. The monoisotopic (exact) mass is 446 g/mol. The normalized spacial score (nSPS) is 11.3. The lowest BCUT2D eigenvalue weighted by atomic mass is 10.00. The standard InChI is InChI=1S/C18H24N6O4.C4H10/c1-13(2)8-15(16(25)10-24-12-20-22-23-24)21-17(26)9-19-18(27)28-11-14-6-4-3-5-7-14;1-4(2)3/h3-7,12-13,15H,8-11H2,1-2H3,(H,19,27)(H,21,26);4H,1-3H3/t15-;/m0./s1. The number of rotatable bonds is 10. The van der Waals surface area contributed by atoms with Crippen LogP contribution >= 0.6 is 0 Å². The first-order valence-corrected chi connectivity index (χ1v) is 10.6. The van der Waals surface area contributed by atoms with Gasteiger partial charge in [0.05, 0.1) is 6.04 Å². The van der Waals surface area contributed by atoms with Gasteiger partial charge in [0.1, 0.15) is 26.0 Å². The summed E-state index contributed by atoms with van der Waals surface area (Å²) in [7, 11) is 0. The van der Waals surface area contributed by atoms with Gasteiger partial charge in [0.2, 0.25) is 5.91 Å². The van der Waals surface area contributed by atoms with Crippen LogP contribution in [0.25, 0.3) is 0 Å². The number of ketones is 1. The summed E-state index contributed by atoms with van der Waals surface area (Å²) in [5.41, 5.74) is 0.840. The van der Waals surface area contributed by atoms with Crippen molar-refractivity contribution in [1.82, 2.24) is 30.8 Å². The molecule has 1 aromatic carbocycles. The molecule has 0 unspecified atom stereocenters. The van der Waals surface area contributed by atoms with E-state index in [0.717, 1.165) is 11.5 Å². The van der Waals surface area contributed by atoms with E-state index >= 15 is 0 Å². The van der Waals surface area contributed by atoms with E-state index in [1.807, 2.05) is 44.2 Å². The van der Waals surface area contributed by atoms with E-state index in [1.165, 1.54) is 11.0 Å². The maximum Gasteiger partial charge on any atom is 0.407 e. The number of aromatic nitrogens is 4. The molecule has 2 amide bonds. The number of hydrogen-bond donors (Lipinski definition) is 2. The molecule has 0 saturated carbocycles. The van der Waals surface area contributed by atoms with Crippen molar-refractivity contribution >= 4 is 17.8 Å². The lowest BCUT2D eigenvalue weighted by Crippen LogP contribution is -2.47. The molecule has 10 heteroatoms. The average Bonchev–Trinajstić information content (AvgIpc) is 3.23. The van der Waals surface area contributed by atoms with Crippen molar-refractivity contribution in [3.8, 4) is 0 Å². The van der Waals surface area contributed by atoms with E-state index in [-0.39, 0.29) is 31.4 Å². The summed E-state index contributed by atoms with van der Waals surface area (Å²) in [5.74, 6) is 0.320. The summed E-state index contributed by atoms with van der Waals surface area (Å²) in [6.45, 7) is 10.2. The Balaban J connectivity index is 0.00000118. The second-order valence-electron chi connectivity index (χ2n) is 8.37. The van der Waals surface area contributed by atoms with Crippen molar-refractivity contribution < 1.29 is 19.1 Å². The highest BCUT2D eigenvalue weighted by Crippen LogP contribution is 2.07. The Morgan fingerprint density at radius 2 is 1.72 bits per heavy atom. The van der Waals surface area contributed by atoms with Gasteiger partial charge >= 0.3 is 6.09 Å². The number of nitrogens with one attached hydrogen (secondary N) is 2. The van der Waals surface area contributed by atoms with Gasteiger partial charge in [0.25, 0.3) is 0 Å². The molecule has 2 aromatic rings. The summed E-state index contributed by atoms with van der Waals surface area (Å²) in [6, 6.07) is 8.50. The number of amides is 2. The molecule has 0 aliphatic heterocycles. The summed E-state index contributed by atoms with van der Waals surface area (Å²) >= 11 is 0. The van der Waals surface area contributed by atoms with Gasteiger partial charge in [0, 0.05) is 0 Å². The molecule has 1 aromatic heterocycles. The summed E-state index contributed by atoms with van der Waals surface area (Å²) < 4.78 is 6.34. The Bertz CT molecular complexity index is 806. The topological polar surface area (TPSA) is 128 Å². The second-order valence-corrected chi connectivity index (χ2v) is 8.37. The van der Waals surface area contributed by atoms with Crippen LogP contribution < -0.4 is 10.6 Å². The van der Waals surface area contributed by atoms with Crippen molar-refractivity contribution in [3.05, 3.63) is 42.2 Å². The Hall–Kier alpha value is -3.30. The number of hydrogen-bond acceptors (Lipinski definition) is 7. The Labute approximate surface area is 189 Å². The van der Waals surface area contributed by atoms with Crippen LogP contribution in [-0.4, -0.2) is 50.6 Å². The van der Waals surface area contributed by atoms with Crippen LogP contribution in [0.15, 0.2) is 36.7 Å². The minimum atomic E-state index is -0.709. The highest BCUT2D eigenvalue weighted by Gasteiger charge is 2.22. The number of carbonyl (C=O) groups is 3. The smallest absolute Gasteiger partial charge is 0.407 e. The summed E-state index contributed by atoms with van der Waals surface area (Å²) in [6.07, 6.45) is 1.08. The molecule has 176 valence electrons. The first kappa shape index (κ1) is 26.7. The van der Waals surface area contributed by atoms with Crippen LogP contribution in [0.3, 0.4) is 0 Å². The van der Waals surface area contributed by atoms with Gasteiger partial charge in [-0.05, 0) is 34.2 Å². The van der Waals surface area contributed by atoms with E-state index in [0.29, 0.717) is 6.42 Å². The third-order valence-electron chi connectivity index (χ3n) is 3.75. The van der Waals surface area contributed by atoms with Gasteiger partial charge < -0.3 is 15.4 Å². The molecule has 0 aliphatic rings. The zero-order valence-corrected chi connectivity index (χ0v) is 19.4. The molecular formula is C22H34N6O4. The number of nitrogens with zero attached hydrogens (tertiary/aromatic N) is 4. The Morgan fingerprint density at radius 3 is 2.28 bits per heavy atom. The van der Waals surface area contributed by atoms with E-state index in [2.05, 4.69) is 46.9 Å². The van der Waals surface area contributed by atoms with Gasteiger partial charge in [-0.15, -0.1) is 5.10 Å². The second kappa shape index (κ2) is 14.7. The molecule has 2 rings (SSSR count). The van der Waals surface area contributed by atoms with Gasteiger partial charge in [-0.3, -0.25) is 9.59 Å². The highest BCUT2D eigenvalue weighted by atomic mass is 16.5. The molecule has 0 bridgehead atoms. The van der Waals surface area contributed by atoms with E-state index < -0.39 is 18.0 Å². The fraction of sp³-hybridized carbons (Fsp3) is 0.545. The molecule has 1 atom stereocenters. The van der Waals surface area contributed by atoms with Crippen molar-refractivity contribution in [2.45, 2.75) is 60.2 Å². The Kier molecular flexibility index (Phi) is 12.2. The molecule has 32 heavy (non-hydrogen) atoms. The molecule has 0 fully saturated rings. The van der Waals surface area contributed by atoms with E-state index in [4.69, 9.17) is 4.74 Å². The minimum Gasteiger partial charge on any atom is -0.445 e. The first-order valence-electron chi connectivity index (χ1n) is 10.6. The van der Waals surface area contributed by atoms with Crippen LogP contribution in [0.2, 0.25) is 0 Å². The molecule has 10 nitrogen and oxygen atoms in total. The van der Waals surface area contributed by atoms with Gasteiger partial charge in [-0.25, -0.2) is 9.48 Å². The number of carbonyl (C=O) groups excluding carboxylic acids is 3. The molecule has 2 N–H and O–H groups in total. The van der Waals surface area contributed by atoms with E-state index in [1.54, 1.807) is 0 Å². The molecule has 0 radical (unpaired) electrons. The van der Waals surface area contributed by atoms with Crippen LogP contribution in [-0.2, 0) is 27.5 Å². The molecule has 0 spiro atoms.